The van der Waals surface area contributed by atoms with Gasteiger partial charge in [0, 0.05) is 0 Å². The van der Waals surface area contributed by atoms with Crippen LogP contribution in [0.3, 0.4) is 0 Å². The van der Waals surface area contributed by atoms with Crippen molar-refractivity contribution in [3.63, 3.8) is 0 Å². The largest absolute Gasteiger partial charge is 1.00 e. The number of fused-ring (bicyclic) bond motifs is 4. The molecule has 0 aliphatic heterocycles. The van der Waals surface area contributed by atoms with E-state index < -0.39 is 0 Å². The van der Waals surface area contributed by atoms with Gasteiger partial charge in [0.05, 0.1) is 0 Å². The van der Waals surface area contributed by atoms with E-state index in [9.17, 15) is 5.11 Å². The summed E-state index contributed by atoms with van der Waals surface area (Å²) in [5, 5.41) is 18.2. The van der Waals surface area contributed by atoms with Gasteiger partial charge in [-0.1, -0.05) is 102 Å². The summed E-state index contributed by atoms with van der Waals surface area (Å²) < 4.78 is 0. The lowest BCUT2D eigenvalue weighted by molar-refractivity contribution is 0.130. The van der Waals surface area contributed by atoms with Crippen molar-refractivity contribution in [2.24, 2.45) is 47.3 Å². The first-order valence-electron chi connectivity index (χ1n) is 16.5. The van der Waals surface area contributed by atoms with E-state index in [0.29, 0.717) is 16.9 Å². The second-order valence-electron chi connectivity index (χ2n) is 13.5. The van der Waals surface area contributed by atoms with Crippen molar-refractivity contribution >= 4 is 0 Å². The fourth-order valence-corrected chi connectivity index (χ4v) is 9.81. The zero-order valence-corrected chi connectivity index (χ0v) is 26.2. The number of benzene rings is 2. The molecule has 4 bridgehead atoms. The molecule has 0 radical (unpaired) electrons. The van der Waals surface area contributed by atoms with Crippen molar-refractivity contribution in [3.05, 3.63) is 71.8 Å². The Morgan fingerprint density at radius 2 is 1.40 bits per heavy atom. The van der Waals surface area contributed by atoms with Gasteiger partial charge < -0.3 is 10.2 Å². The molecule has 4 aliphatic rings. The third-order valence-corrected chi connectivity index (χ3v) is 11.7. The van der Waals surface area contributed by atoms with Crippen molar-refractivity contribution < 1.29 is 11.6 Å². The van der Waals surface area contributed by atoms with Crippen molar-refractivity contribution in [1.82, 2.24) is 0 Å². The molecule has 2 aromatic rings. The van der Waals surface area contributed by atoms with Crippen LogP contribution in [0, 0.1) is 47.3 Å². The maximum atomic E-state index is 9.55. The van der Waals surface area contributed by atoms with Crippen LogP contribution in [-0.4, -0.2) is 10.2 Å². The zero-order chi connectivity index (χ0) is 28.9. The molecule has 4 saturated carbocycles. The fraction of sp³-hybridized carbons (Fsp3) is 0.632. The minimum absolute atomic E-state index is 0. The Hall–Kier alpha value is -2.22. The third kappa shape index (κ3) is 6.17. The van der Waals surface area contributed by atoms with Crippen LogP contribution < -0.4 is 0 Å². The molecule has 2 aromatic carbocycles. The average molecular weight is 546 g/mol. The molecule has 4 fully saturated rings. The molecule has 220 valence electrons. The van der Waals surface area contributed by atoms with Crippen molar-refractivity contribution in [1.29, 1.82) is 0 Å². The Bertz CT molecular complexity index is 1080. The molecule has 4 aliphatic carbocycles. The summed E-state index contributed by atoms with van der Waals surface area (Å²) in [6.45, 7) is 14.2. The molecule has 0 spiro atoms. The van der Waals surface area contributed by atoms with Crippen LogP contribution in [0.5, 0.6) is 11.5 Å². The van der Waals surface area contributed by atoms with E-state index in [1.54, 1.807) is 29.8 Å². The lowest BCUT2D eigenvalue weighted by Gasteiger charge is -2.44. The lowest BCUT2D eigenvalue weighted by atomic mass is 9.60. The number of para-hydroxylation sites is 1. The van der Waals surface area contributed by atoms with E-state index in [4.69, 9.17) is 5.11 Å². The number of hydrogen-bond donors (Lipinski definition) is 2. The SMILES string of the molecule is C/C=C1\CC2CC1C(C)C2CCC.CCCC1C2CC(C1C)C(CC)(c1ccc(O)cc1)C2.Oc1ccccc1.[H+]. The summed E-state index contributed by atoms with van der Waals surface area (Å²) in [6, 6.07) is 16.8. The third-order valence-electron chi connectivity index (χ3n) is 11.7. The zero-order valence-electron chi connectivity index (χ0n) is 27.2. The predicted octanol–water partition coefficient (Wildman–Crippen LogP) is 10.7. The summed E-state index contributed by atoms with van der Waals surface area (Å²) in [4.78, 5) is 0. The van der Waals surface area contributed by atoms with Gasteiger partial charge in [-0.05, 0) is 122 Å². The molecular formula is C38H57O2+. The van der Waals surface area contributed by atoms with Gasteiger partial charge in [0.15, 0.2) is 0 Å². The highest BCUT2D eigenvalue weighted by molar-refractivity contribution is 5.35. The van der Waals surface area contributed by atoms with Crippen molar-refractivity contribution in [2.45, 2.75) is 105 Å². The van der Waals surface area contributed by atoms with Gasteiger partial charge in [-0.25, -0.2) is 0 Å². The van der Waals surface area contributed by atoms with Crippen LogP contribution in [0.4, 0.5) is 0 Å². The van der Waals surface area contributed by atoms with E-state index >= 15 is 0 Å². The standard InChI is InChI=1S/C19H28O.C13H22.C6H6O/c1-4-6-17-13(3)18-11-14(17)12-19(18,5-2)15-7-9-16(20)10-8-15;1-4-6-12-9(3)13-8-11(12)7-10(13)5-2;7-6-4-2-1-3-5-6/h7-10,13-14,17-18,20H,4-6,11-12H2,1-3H3;5,9,11-13H,4,6-8H2,1-3H3;1-5,7H/p+1/b;10-5+;. The van der Waals surface area contributed by atoms with Crippen LogP contribution in [0.25, 0.3) is 0 Å². The molecule has 9 atom stereocenters. The lowest BCUT2D eigenvalue weighted by Crippen LogP contribution is -2.39. The highest BCUT2D eigenvalue weighted by Crippen LogP contribution is 2.64. The summed E-state index contributed by atoms with van der Waals surface area (Å²) in [7, 11) is 0. The summed E-state index contributed by atoms with van der Waals surface area (Å²) in [6.07, 6.45) is 14.9. The van der Waals surface area contributed by atoms with E-state index in [1.807, 2.05) is 18.2 Å². The van der Waals surface area contributed by atoms with E-state index in [-0.39, 0.29) is 1.43 Å². The van der Waals surface area contributed by atoms with Gasteiger partial charge in [-0.2, -0.15) is 0 Å². The van der Waals surface area contributed by atoms with E-state index in [2.05, 4.69) is 59.8 Å². The Balaban J connectivity index is 0.000000189. The first kappa shape index (κ1) is 30.7. The summed E-state index contributed by atoms with van der Waals surface area (Å²) in [5.74, 6) is 8.36. The van der Waals surface area contributed by atoms with Crippen LogP contribution in [0.1, 0.15) is 106 Å². The molecule has 6 rings (SSSR count). The van der Waals surface area contributed by atoms with Crippen molar-refractivity contribution in [2.75, 3.05) is 0 Å². The number of phenolic OH excluding ortho intramolecular Hbond substituents is 2. The fourth-order valence-electron chi connectivity index (χ4n) is 9.81. The molecule has 0 aromatic heterocycles. The monoisotopic (exact) mass is 545 g/mol. The van der Waals surface area contributed by atoms with Crippen molar-refractivity contribution in [3.8, 4) is 11.5 Å². The number of rotatable bonds is 6. The van der Waals surface area contributed by atoms with Gasteiger partial charge in [0.2, 0.25) is 0 Å². The topological polar surface area (TPSA) is 40.5 Å². The number of hydrogen-bond acceptors (Lipinski definition) is 2. The highest BCUT2D eigenvalue weighted by Gasteiger charge is 2.57. The molecule has 0 saturated heterocycles. The average Bonchev–Trinajstić information content (AvgIpc) is 3.71. The first-order valence-corrected chi connectivity index (χ1v) is 16.5. The number of aromatic hydroxyl groups is 2. The second kappa shape index (κ2) is 13.6. The first-order chi connectivity index (χ1) is 19.3. The maximum absolute atomic E-state index is 9.55. The Morgan fingerprint density at radius 3 is 1.88 bits per heavy atom. The molecule has 0 amide bonds. The van der Waals surface area contributed by atoms with Crippen LogP contribution in [0.2, 0.25) is 0 Å². The summed E-state index contributed by atoms with van der Waals surface area (Å²) in [5.41, 5.74) is 3.61. The molecular weight excluding hydrogens is 488 g/mol. The smallest absolute Gasteiger partial charge is 0.508 e. The minimum Gasteiger partial charge on any atom is -0.508 e. The van der Waals surface area contributed by atoms with Gasteiger partial charge in [0.1, 0.15) is 11.5 Å². The van der Waals surface area contributed by atoms with Gasteiger partial charge in [-0.3, -0.25) is 0 Å². The van der Waals surface area contributed by atoms with Crippen LogP contribution in [0.15, 0.2) is 66.2 Å². The predicted molar refractivity (Wildman–Crippen MR) is 171 cm³/mol. The molecule has 2 heteroatoms. The van der Waals surface area contributed by atoms with Crippen LogP contribution >= 0.6 is 0 Å². The second-order valence-corrected chi connectivity index (χ2v) is 13.5. The molecule has 0 heterocycles. The molecule has 2 N–H and O–H groups in total. The maximum Gasteiger partial charge on any atom is 1.00 e. The quantitative estimate of drug-likeness (QED) is 0.354. The minimum atomic E-state index is 0. The van der Waals surface area contributed by atoms with Gasteiger partial charge >= 0.3 is 1.43 Å². The van der Waals surface area contributed by atoms with Gasteiger partial charge in [-0.15, -0.1) is 0 Å². The Kier molecular flexibility index (Phi) is 10.5. The van der Waals surface area contributed by atoms with Gasteiger partial charge in [0.25, 0.3) is 0 Å². The summed E-state index contributed by atoms with van der Waals surface area (Å²) >= 11 is 0. The van der Waals surface area contributed by atoms with Crippen LogP contribution in [-0.2, 0) is 5.41 Å². The normalized spacial score (nSPS) is 36.2. The number of phenols is 2. The van der Waals surface area contributed by atoms with E-state index in [1.165, 1.54) is 63.4 Å². The highest BCUT2D eigenvalue weighted by atomic mass is 16.3. The molecule has 40 heavy (non-hydrogen) atoms. The Labute approximate surface area is 246 Å². The van der Waals surface area contributed by atoms with E-state index in [0.717, 1.165) is 47.3 Å². The molecule has 2 nitrogen and oxygen atoms in total. The number of allylic oxidation sites excluding steroid dienone is 2. The molecule has 9 unspecified atom stereocenters. The Morgan fingerprint density at radius 1 is 0.800 bits per heavy atom.